The van der Waals surface area contributed by atoms with Gasteiger partial charge < -0.3 is 10.4 Å². The summed E-state index contributed by atoms with van der Waals surface area (Å²) in [7, 11) is 0. The zero-order valence-corrected chi connectivity index (χ0v) is 12.0. The molecule has 4 nitrogen and oxygen atoms in total. The van der Waals surface area contributed by atoms with Crippen molar-refractivity contribution in [1.82, 2.24) is 0 Å². The van der Waals surface area contributed by atoms with Crippen LogP contribution < -0.4 is 5.32 Å². The first-order valence-electron chi connectivity index (χ1n) is 6.12. The fourth-order valence-corrected chi connectivity index (χ4v) is 2.48. The van der Waals surface area contributed by atoms with Crippen LogP contribution in [0.3, 0.4) is 0 Å². The average Bonchev–Trinajstić information content (AvgIpc) is 2.43. The van der Waals surface area contributed by atoms with Crippen LogP contribution in [0.1, 0.15) is 12.8 Å². The van der Waals surface area contributed by atoms with Crippen molar-refractivity contribution in [1.29, 1.82) is 0 Å². The average molecular weight is 314 g/mol. The van der Waals surface area contributed by atoms with Gasteiger partial charge in [-0.3, -0.25) is 9.59 Å². The molecule has 0 radical (unpaired) electrons. The van der Waals surface area contributed by atoms with E-state index in [4.69, 9.17) is 28.3 Å². The van der Waals surface area contributed by atoms with Gasteiger partial charge in [0.25, 0.3) is 0 Å². The van der Waals surface area contributed by atoms with E-state index in [0.29, 0.717) is 28.6 Å². The number of carboxylic acids is 1. The van der Waals surface area contributed by atoms with Gasteiger partial charge >= 0.3 is 5.97 Å². The highest BCUT2D eigenvalue weighted by Gasteiger charge is 2.33. The smallest absolute Gasteiger partial charge is 0.307 e. The van der Waals surface area contributed by atoms with Crippen molar-refractivity contribution in [3.8, 4) is 0 Å². The molecule has 1 aromatic rings. The van der Waals surface area contributed by atoms with E-state index in [0.717, 1.165) is 0 Å². The number of carbonyl (C=O) groups excluding carboxylic acids is 1. The van der Waals surface area contributed by atoms with Gasteiger partial charge in [0.15, 0.2) is 0 Å². The minimum Gasteiger partial charge on any atom is -0.481 e. The standard InChI is InChI=1S/C14H13Cl2NO3/c15-11-6-5-8(7-12(11)16)17-13(18)9-3-1-2-4-10(9)14(19)20/h1-2,5-7,9-10H,3-4H2,(H,17,18)(H,19,20). The molecule has 2 atom stereocenters. The van der Waals surface area contributed by atoms with E-state index in [1.165, 1.54) is 6.07 Å². The van der Waals surface area contributed by atoms with Gasteiger partial charge in [-0.05, 0) is 31.0 Å². The fraction of sp³-hybridized carbons (Fsp3) is 0.286. The summed E-state index contributed by atoms with van der Waals surface area (Å²) in [5.74, 6) is -2.54. The van der Waals surface area contributed by atoms with Crippen molar-refractivity contribution in [2.24, 2.45) is 11.8 Å². The second-order valence-corrected chi connectivity index (χ2v) is 5.43. The van der Waals surface area contributed by atoms with Crippen molar-refractivity contribution in [3.63, 3.8) is 0 Å². The Morgan fingerprint density at radius 3 is 2.35 bits per heavy atom. The number of halogens is 2. The van der Waals surface area contributed by atoms with Gasteiger partial charge in [-0.25, -0.2) is 0 Å². The Labute approximate surface area is 126 Å². The Morgan fingerprint density at radius 2 is 1.75 bits per heavy atom. The normalized spacial score (nSPS) is 21.5. The van der Waals surface area contributed by atoms with Crippen LogP contribution in [-0.4, -0.2) is 17.0 Å². The molecule has 0 fully saturated rings. The highest BCUT2D eigenvalue weighted by atomic mass is 35.5. The summed E-state index contributed by atoms with van der Waals surface area (Å²) < 4.78 is 0. The van der Waals surface area contributed by atoms with Crippen LogP contribution in [0.15, 0.2) is 30.4 Å². The lowest BCUT2D eigenvalue weighted by Gasteiger charge is -2.24. The number of anilines is 1. The quantitative estimate of drug-likeness (QED) is 0.838. The van der Waals surface area contributed by atoms with Gasteiger partial charge in [-0.2, -0.15) is 0 Å². The Morgan fingerprint density at radius 1 is 1.10 bits per heavy atom. The van der Waals surface area contributed by atoms with E-state index >= 15 is 0 Å². The molecule has 0 aliphatic heterocycles. The largest absolute Gasteiger partial charge is 0.481 e. The molecular formula is C14H13Cl2NO3. The molecule has 1 aromatic carbocycles. The third-order valence-corrected chi connectivity index (χ3v) is 4.01. The molecule has 1 aliphatic carbocycles. The van der Waals surface area contributed by atoms with E-state index in [1.54, 1.807) is 18.2 Å². The topological polar surface area (TPSA) is 66.4 Å². The summed E-state index contributed by atoms with van der Waals surface area (Å²) in [6, 6.07) is 4.74. The van der Waals surface area contributed by atoms with Crippen LogP contribution in [0.4, 0.5) is 5.69 Å². The molecular weight excluding hydrogens is 301 g/mol. The first-order chi connectivity index (χ1) is 9.49. The van der Waals surface area contributed by atoms with Crippen LogP contribution in [-0.2, 0) is 9.59 Å². The molecule has 0 aromatic heterocycles. The summed E-state index contributed by atoms with van der Waals surface area (Å²) in [5, 5.41) is 12.6. The Balaban J connectivity index is 2.12. The van der Waals surface area contributed by atoms with E-state index in [1.807, 2.05) is 6.08 Å². The molecule has 106 valence electrons. The maximum absolute atomic E-state index is 12.2. The zero-order valence-electron chi connectivity index (χ0n) is 10.5. The molecule has 1 amide bonds. The minimum absolute atomic E-state index is 0.319. The van der Waals surface area contributed by atoms with Crippen LogP contribution in [0, 0.1) is 11.8 Å². The van der Waals surface area contributed by atoms with Crippen molar-refractivity contribution in [3.05, 3.63) is 40.4 Å². The number of hydrogen-bond donors (Lipinski definition) is 2. The van der Waals surface area contributed by atoms with Crippen molar-refractivity contribution < 1.29 is 14.7 Å². The highest BCUT2D eigenvalue weighted by Crippen LogP contribution is 2.29. The monoisotopic (exact) mass is 313 g/mol. The number of amides is 1. The summed E-state index contributed by atoms with van der Waals surface area (Å²) >= 11 is 11.7. The first-order valence-corrected chi connectivity index (χ1v) is 6.88. The molecule has 0 saturated heterocycles. The Bertz CT molecular complexity index is 572. The zero-order chi connectivity index (χ0) is 14.7. The number of nitrogens with one attached hydrogen (secondary N) is 1. The molecule has 6 heteroatoms. The predicted molar refractivity (Wildman–Crippen MR) is 78.1 cm³/mol. The first kappa shape index (κ1) is 14.9. The van der Waals surface area contributed by atoms with Crippen LogP contribution in [0.2, 0.25) is 10.0 Å². The molecule has 0 heterocycles. The fourth-order valence-electron chi connectivity index (χ4n) is 2.19. The number of aliphatic carboxylic acids is 1. The summed E-state index contributed by atoms with van der Waals surface area (Å²) in [6.45, 7) is 0. The molecule has 0 bridgehead atoms. The van der Waals surface area contributed by atoms with Gasteiger partial charge in [0.2, 0.25) is 5.91 Å². The number of carbonyl (C=O) groups is 2. The van der Waals surface area contributed by atoms with Crippen LogP contribution in [0.25, 0.3) is 0 Å². The summed E-state index contributed by atoms with van der Waals surface area (Å²) in [6.07, 6.45) is 4.42. The van der Waals surface area contributed by atoms with Crippen molar-refractivity contribution >= 4 is 40.8 Å². The molecule has 1 aliphatic rings. The van der Waals surface area contributed by atoms with Crippen molar-refractivity contribution in [2.75, 3.05) is 5.32 Å². The van der Waals surface area contributed by atoms with Crippen LogP contribution >= 0.6 is 23.2 Å². The molecule has 0 saturated carbocycles. The minimum atomic E-state index is -0.955. The molecule has 2 unspecified atom stereocenters. The molecule has 2 rings (SSSR count). The lowest BCUT2D eigenvalue weighted by molar-refractivity contribution is -0.146. The molecule has 2 N–H and O–H groups in total. The number of allylic oxidation sites excluding steroid dienone is 2. The Hall–Kier alpha value is -1.52. The summed E-state index contributed by atoms with van der Waals surface area (Å²) in [4.78, 5) is 23.4. The second-order valence-electron chi connectivity index (χ2n) is 4.61. The molecule has 20 heavy (non-hydrogen) atoms. The number of hydrogen-bond acceptors (Lipinski definition) is 2. The number of carboxylic acid groups (broad SMARTS) is 1. The highest BCUT2D eigenvalue weighted by molar-refractivity contribution is 6.42. The number of benzene rings is 1. The maximum atomic E-state index is 12.2. The third-order valence-electron chi connectivity index (χ3n) is 3.27. The van der Waals surface area contributed by atoms with Gasteiger partial charge in [-0.15, -0.1) is 0 Å². The van der Waals surface area contributed by atoms with Crippen LogP contribution in [0.5, 0.6) is 0 Å². The predicted octanol–water partition coefficient (Wildman–Crippen LogP) is 3.60. The maximum Gasteiger partial charge on any atom is 0.307 e. The third kappa shape index (κ3) is 3.32. The van der Waals surface area contributed by atoms with Gasteiger partial charge in [0, 0.05) is 5.69 Å². The number of rotatable bonds is 3. The van der Waals surface area contributed by atoms with E-state index < -0.39 is 17.8 Å². The SMILES string of the molecule is O=C(O)C1CC=CCC1C(=O)Nc1ccc(Cl)c(Cl)c1. The second kappa shape index (κ2) is 6.29. The van der Waals surface area contributed by atoms with Gasteiger partial charge in [0.05, 0.1) is 21.9 Å². The Kier molecular flexibility index (Phi) is 4.68. The van der Waals surface area contributed by atoms with E-state index in [-0.39, 0.29) is 5.91 Å². The summed E-state index contributed by atoms with van der Waals surface area (Å²) in [5.41, 5.74) is 0.503. The van der Waals surface area contributed by atoms with E-state index in [9.17, 15) is 9.59 Å². The lowest BCUT2D eigenvalue weighted by Crippen LogP contribution is -2.34. The molecule has 0 spiro atoms. The lowest BCUT2D eigenvalue weighted by atomic mass is 9.82. The van der Waals surface area contributed by atoms with Gasteiger partial charge in [-0.1, -0.05) is 35.4 Å². The van der Waals surface area contributed by atoms with E-state index in [2.05, 4.69) is 5.32 Å². The van der Waals surface area contributed by atoms with Crippen molar-refractivity contribution in [2.45, 2.75) is 12.8 Å². The van der Waals surface area contributed by atoms with Gasteiger partial charge in [0.1, 0.15) is 0 Å².